The van der Waals surface area contributed by atoms with Gasteiger partial charge >= 0.3 is 7.82 Å². The van der Waals surface area contributed by atoms with Crippen molar-refractivity contribution < 1.29 is 66.6 Å². The van der Waals surface area contributed by atoms with Crippen molar-refractivity contribution in [2.75, 3.05) is 45.3 Å². The molecule has 0 saturated carbocycles. The van der Waals surface area contributed by atoms with Gasteiger partial charge in [0, 0.05) is 37.2 Å². The van der Waals surface area contributed by atoms with Gasteiger partial charge in [-0.25, -0.2) is 9.55 Å². The van der Waals surface area contributed by atoms with E-state index in [9.17, 15) is 48.1 Å². The zero-order chi connectivity index (χ0) is 53.5. The highest BCUT2D eigenvalue weighted by Crippen LogP contribution is 2.45. The maximum Gasteiger partial charge on any atom is 0.472 e. The number of allylic oxidation sites excluding steroid dienone is 1. The van der Waals surface area contributed by atoms with Gasteiger partial charge in [-0.2, -0.15) is 12.6 Å². The molecule has 12 N–H and O–H groups in total. The Morgan fingerprint density at radius 2 is 1.59 bits per heavy atom. The lowest BCUT2D eigenvalue weighted by Gasteiger charge is -2.30. The first-order valence-corrected chi connectivity index (χ1v) is 25.9. The largest absolute Gasteiger partial charge is 0.472 e. The van der Waals surface area contributed by atoms with E-state index in [1.54, 1.807) is 6.08 Å². The molecular weight excluding hydrogens is 968 g/mol. The summed E-state index contributed by atoms with van der Waals surface area (Å²) in [4.78, 5) is 111. The Bertz CT molecular complexity index is 1940. The van der Waals surface area contributed by atoms with Crippen molar-refractivity contribution in [3.05, 3.63) is 30.9 Å². The zero-order valence-corrected chi connectivity index (χ0v) is 43.9. The topological polar surface area (TPSA) is 358 Å². The summed E-state index contributed by atoms with van der Waals surface area (Å²) in [5.41, 5.74) is 10.4. The molecule has 1 aromatic rings. The molecule has 404 valence electrons. The number of carbonyl (C=O) groups excluding carboxylic acids is 7. The molecule has 1 aliphatic heterocycles. The van der Waals surface area contributed by atoms with Crippen LogP contribution in [0.1, 0.15) is 106 Å². The van der Waals surface area contributed by atoms with E-state index in [4.69, 9.17) is 30.0 Å². The number of hydrogen-bond acceptors (Lipinski definition) is 16. The third-order valence-corrected chi connectivity index (χ3v) is 12.9. The lowest BCUT2D eigenvalue weighted by atomic mass is 10.0. The van der Waals surface area contributed by atoms with Crippen LogP contribution in [0.2, 0.25) is 0 Å². The minimum atomic E-state index is -4.72. The lowest BCUT2D eigenvalue weighted by molar-refractivity contribution is -0.141. The molecule has 2 heterocycles. The number of phosphoric ester groups is 1. The Kier molecular flexibility index (Phi) is 27.0. The molecule has 0 radical (unpaired) electrons. The molecule has 1 aliphatic rings. The SMILES string of the molecule is C=CCCCOP(=O)(O)OC(C)C(NC(=O)C(CO)NC(=O)C(Cc1cnc[nH]1)NC(=O)C(CC(C)C)NC(=O)C1CCCN1C(=O)CCOC(C)(C)CCOC(C)(C)CCNC(=O)C(N)CS)C(N)=O. The lowest BCUT2D eigenvalue weighted by Crippen LogP contribution is -2.61. The molecule has 7 amide bonds. The third kappa shape index (κ3) is 23.3. The van der Waals surface area contributed by atoms with E-state index < -0.39 is 97.5 Å². The highest BCUT2D eigenvalue weighted by Gasteiger charge is 2.38. The van der Waals surface area contributed by atoms with Crippen LogP contribution in [0, 0.1) is 5.92 Å². The number of phosphoric acid groups is 1. The van der Waals surface area contributed by atoms with Gasteiger partial charge in [0.2, 0.25) is 41.4 Å². The number of nitrogens with one attached hydrogen (secondary N) is 6. The van der Waals surface area contributed by atoms with Crippen LogP contribution in [0.25, 0.3) is 0 Å². The summed E-state index contributed by atoms with van der Waals surface area (Å²) in [6, 6.07) is -7.61. The molecule has 0 bridgehead atoms. The number of likely N-dealkylation sites (tertiary alicyclic amines) is 1. The van der Waals surface area contributed by atoms with Crippen molar-refractivity contribution in [1.82, 2.24) is 41.5 Å². The molecule has 1 aromatic heterocycles. The number of ether oxygens (including phenoxy) is 2. The van der Waals surface area contributed by atoms with Crippen LogP contribution in [0.15, 0.2) is 25.2 Å². The van der Waals surface area contributed by atoms with Gasteiger partial charge in [0.15, 0.2) is 0 Å². The van der Waals surface area contributed by atoms with Crippen LogP contribution in [0.4, 0.5) is 0 Å². The van der Waals surface area contributed by atoms with Gasteiger partial charge in [-0.15, -0.1) is 6.58 Å². The summed E-state index contributed by atoms with van der Waals surface area (Å²) in [5.74, 6) is -5.04. The summed E-state index contributed by atoms with van der Waals surface area (Å²) < 4.78 is 34.6. The number of amides is 7. The number of imidazole rings is 1. The minimum Gasteiger partial charge on any atom is -0.394 e. The summed E-state index contributed by atoms with van der Waals surface area (Å²) in [6.45, 7) is 16.0. The highest BCUT2D eigenvalue weighted by atomic mass is 32.1. The molecule has 8 unspecified atom stereocenters. The van der Waals surface area contributed by atoms with Gasteiger partial charge in [0.25, 0.3) is 0 Å². The smallest absolute Gasteiger partial charge is 0.394 e. The van der Waals surface area contributed by atoms with Gasteiger partial charge in [0.1, 0.15) is 30.2 Å². The molecule has 2 rings (SSSR count). The fourth-order valence-corrected chi connectivity index (χ4v) is 8.36. The fourth-order valence-electron chi connectivity index (χ4n) is 7.23. The second-order valence-corrected chi connectivity index (χ2v) is 20.8. The van der Waals surface area contributed by atoms with Crippen molar-refractivity contribution in [1.29, 1.82) is 0 Å². The second-order valence-electron chi connectivity index (χ2n) is 19.0. The number of unbranched alkanes of at least 4 members (excludes halogenated alkanes) is 1. The molecule has 1 fully saturated rings. The van der Waals surface area contributed by atoms with E-state index in [2.05, 4.69) is 55.8 Å². The Morgan fingerprint density at radius 3 is 2.20 bits per heavy atom. The molecule has 0 aromatic carbocycles. The quantitative estimate of drug-likeness (QED) is 0.0185. The standard InChI is InChI=1S/C45H79N10O14PS/c1-9-10-11-19-68-70(64,65)69-29(4)37(38(47)58)54-42(62)34(25-56)53-41(61)33(23-30-24-48-27-50-30)51-40(60)32(22-28(2)3)52-43(63)35-13-12-18-55(35)36(57)14-20-66-45(7,8)16-21-67-44(5,6)15-17-49-39(59)31(46)26-71/h9,24,27-29,31-35,37,56,71H,1,10-23,25-26,46H2,2-8H3,(H2,47,58)(H,48,50)(H,49,59)(H,51,60)(H,52,63)(H,53,61)(H,54,62)(H,64,65). The summed E-state index contributed by atoms with van der Waals surface area (Å²) >= 11 is 4.05. The second kappa shape index (κ2) is 30.5. The molecule has 71 heavy (non-hydrogen) atoms. The Hall–Kier alpha value is -4.46. The van der Waals surface area contributed by atoms with Crippen molar-refractivity contribution in [3.63, 3.8) is 0 Å². The Labute approximate surface area is 422 Å². The van der Waals surface area contributed by atoms with Gasteiger partial charge in [0.05, 0.1) is 62.5 Å². The fraction of sp³-hybridized carbons (Fsp3) is 0.733. The predicted molar refractivity (Wildman–Crippen MR) is 265 cm³/mol. The van der Waals surface area contributed by atoms with Crippen LogP contribution in [-0.4, -0.2) is 165 Å². The molecule has 8 atom stereocenters. The number of H-pyrrole nitrogens is 1. The predicted octanol–water partition coefficient (Wildman–Crippen LogP) is 0.0284. The molecule has 24 nitrogen and oxygen atoms in total. The summed E-state index contributed by atoms with van der Waals surface area (Å²) in [6.07, 6.45) is 5.56. The van der Waals surface area contributed by atoms with Gasteiger partial charge < -0.3 is 67.4 Å². The van der Waals surface area contributed by atoms with Gasteiger partial charge in [-0.05, 0) is 85.5 Å². The van der Waals surface area contributed by atoms with Crippen molar-refractivity contribution in [3.8, 4) is 0 Å². The van der Waals surface area contributed by atoms with Gasteiger partial charge in [-0.3, -0.25) is 42.6 Å². The summed E-state index contributed by atoms with van der Waals surface area (Å²) in [5, 5.41) is 23.0. The molecular formula is C45H79N10O14PS. The van der Waals surface area contributed by atoms with E-state index in [0.29, 0.717) is 63.9 Å². The number of aromatic nitrogens is 2. The monoisotopic (exact) mass is 1050 g/mol. The number of rotatable bonds is 35. The zero-order valence-electron chi connectivity index (χ0n) is 42.1. The number of hydrogen-bond donors (Lipinski definition) is 11. The molecule has 1 saturated heterocycles. The number of primary amides is 1. The maximum atomic E-state index is 14.0. The Balaban J connectivity index is 2.09. The first-order chi connectivity index (χ1) is 33.2. The molecule has 0 spiro atoms. The first-order valence-electron chi connectivity index (χ1n) is 23.8. The van der Waals surface area contributed by atoms with E-state index in [1.165, 1.54) is 24.3 Å². The van der Waals surface area contributed by atoms with E-state index in [0.717, 1.165) is 0 Å². The van der Waals surface area contributed by atoms with Crippen molar-refractivity contribution in [2.24, 2.45) is 17.4 Å². The van der Waals surface area contributed by atoms with Crippen LogP contribution in [-0.2, 0) is 63.1 Å². The number of carbonyl (C=O) groups is 7. The number of thiol groups is 1. The average molecular weight is 1050 g/mol. The van der Waals surface area contributed by atoms with Crippen molar-refractivity contribution >= 4 is 61.8 Å². The van der Waals surface area contributed by atoms with E-state index in [-0.39, 0.29) is 56.0 Å². The molecule has 26 heteroatoms. The van der Waals surface area contributed by atoms with Gasteiger partial charge in [-0.1, -0.05) is 19.9 Å². The number of aliphatic hydroxyl groups is 1. The summed E-state index contributed by atoms with van der Waals surface area (Å²) in [7, 11) is -4.72. The Morgan fingerprint density at radius 1 is 0.958 bits per heavy atom. The minimum absolute atomic E-state index is 0.00671. The maximum absolute atomic E-state index is 14.0. The third-order valence-electron chi connectivity index (χ3n) is 11.4. The number of aliphatic hydroxyl groups excluding tert-OH is 1. The average Bonchev–Trinajstić information content (AvgIpc) is 4.00. The van der Waals surface area contributed by atoms with Crippen LogP contribution in [0.3, 0.4) is 0 Å². The van der Waals surface area contributed by atoms with E-state index in [1.807, 2.05) is 41.5 Å². The van der Waals surface area contributed by atoms with Crippen LogP contribution in [0.5, 0.6) is 0 Å². The normalized spacial score (nSPS) is 17.5. The number of nitrogens with zero attached hydrogens (tertiary/aromatic N) is 2. The van der Waals surface area contributed by atoms with Crippen LogP contribution < -0.4 is 38.1 Å². The van der Waals surface area contributed by atoms with E-state index >= 15 is 0 Å². The highest BCUT2D eigenvalue weighted by molar-refractivity contribution is 7.80. The first kappa shape index (κ1) is 62.7. The van der Waals surface area contributed by atoms with Crippen molar-refractivity contribution in [2.45, 2.75) is 160 Å². The number of nitrogens with two attached hydrogens (primary N) is 2. The number of aromatic amines is 1. The molecule has 0 aliphatic carbocycles. The van der Waals surface area contributed by atoms with Crippen LogP contribution >= 0.6 is 20.5 Å².